The number of nitrogens with zero attached hydrogens (tertiary/aromatic N) is 3. The monoisotopic (exact) mass is 270 g/mol. The molecule has 2 amide bonds. The molecule has 0 saturated carbocycles. The Kier molecular flexibility index (Phi) is 5.01. The summed E-state index contributed by atoms with van der Waals surface area (Å²) in [5.41, 5.74) is 5.78. The smallest absolute Gasteiger partial charge is 0.319 e. The summed E-state index contributed by atoms with van der Waals surface area (Å²) < 4.78 is 0. The maximum atomic E-state index is 12.1. The Hall–Kier alpha value is -0.850. The summed E-state index contributed by atoms with van der Waals surface area (Å²) in [6, 6.07) is 0.0342. The normalized spacial score (nSPS) is 28.7. The summed E-state index contributed by atoms with van der Waals surface area (Å²) in [5, 5.41) is 9.74. The highest BCUT2D eigenvalue weighted by molar-refractivity contribution is 5.74. The van der Waals surface area contributed by atoms with Gasteiger partial charge in [-0.2, -0.15) is 0 Å². The fraction of sp³-hybridized carbons (Fsp3) is 0.923. The zero-order valence-electron chi connectivity index (χ0n) is 11.8. The number of aliphatic hydroxyl groups excluding tert-OH is 1. The van der Waals surface area contributed by atoms with Crippen molar-refractivity contribution in [2.75, 3.05) is 46.3 Å². The second kappa shape index (κ2) is 6.54. The molecule has 0 aromatic rings. The molecule has 0 spiro atoms. The Morgan fingerprint density at radius 1 is 1.37 bits per heavy atom. The number of carbonyl (C=O) groups excluding carboxylic acids is 1. The summed E-state index contributed by atoms with van der Waals surface area (Å²) in [4.78, 5) is 18.0. The van der Waals surface area contributed by atoms with E-state index in [2.05, 4.69) is 4.90 Å². The minimum absolute atomic E-state index is 0.0970. The maximum Gasteiger partial charge on any atom is 0.319 e. The fourth-order valence-corrected chi connectivity index (χ4v) is 2.76. The summed E-state index contributed by atoms with van der Waals surface area (Å²) >= 11 is 0. The lowest BCUT2D eigenvalue weighted by atomic mass is 10.0. The first kappa shape index (κ1) is 14.6. The molecule has 0 bridgehead atoms. The van der Waals surface area contributed by atoms with Gasteiger partial charge in [-0.05, 0) is 25.8 Å². The van der Waals surface area contributed by atoms with Gasteiger partial charge in [0.25, 0.3) is 0 Å². The average molecular weight is 270 g/mol. The second-order valence-corrected chi connectivity index (χ2v) is 5.72. The van der Waals surface area contributed by atoms with Gasteiger partial charge >= 0.3 is 6.03 Å². The molecule has 2 atom stereocenters. The van der Waals surface area contributed by atoms with E-state index >= 15 is 0 Å². The van der Waals surface area contributed by atoms with E-state index in [1.165, 1.54) is 0 Å². The molecule has 19 heavy (non-hydrogen) atoms. The zero-order valence-corrected chi connectivity index (χ0v) is 11.8. The van der Waals surface area contributed by atoms with Gasteiger partial charge in [-0.1, -0.05) is 0 Å². The van der Waals surface area contributed by atoms with Crippen molar-refractivity contribution in [2.45, 2.75) is 31.4 Å². The van der Waals surface area contributed by atoms with Crippen LogP contribution in [0.3, 0.4) is 0 Å². The van der Waals surface area contributed by atoms with E-state index in [1.54, 1.807) is 4.90 Å². The van der Waals surface area contributed by atoms with Crippen LogP contribution in [0.1, 0.15) is 19.3 Å². The molecule has 2 heterocycles. The number of aliphatic hydroxyl groups is 1. The zero-order chi connectivity index (χ0) is 13.8. The molecule has 110 valence electrons. The molecule has 2 saturated heterocycles. The minimum atomic E-state index is -0.437. The summed E-state index contributed by atoms with van der Waals surface area (Å²) in [6.07, 6.45) is 2.63. The molecule has 0 aliphatic carbocycles. The quantitative estimate of drug-likeness (QED) is 0.727. The topological polar surface area (TPSA) is 73.0 Å². The van der Waals surface area contributed by atoms with Crippen LogP contribution in [0.4, 0.5) is 4.79 Å². The number of hydrogen-bond acceptors (Lipinski definition) is 4. The van der Waals surface area contributed by atoms with Crippen molar-refractivity contribution >= 4 is 6.03 Å². The van der Waals surface area contributed by atoms with E-state index < -0.39 is 6.10 Å². The third kappa shape index (κ3) is 3.81. The van der Waals surface area contributed by atoms with Crippen LogP contribution >= 0.6 is 0 Å². The lowest BCUT2D eigenvalue weighted by Crippen LogP contribution is -2.52. The largest absolute Gasteiger partial charge is 0.390 e. The predicted octanol–water partition coefficient (Wildman–Crippen LogP) is -0.472. The van der Waals surface area contributed by atoms with Crippen LogP contribution in [0.2, 0.25) is 0 Å². The lowest BCUT2D eigenvalue weighted by molar-refractivity contribution is 0.0504. The van der Waals surface area contributed by atoms with Crippen molar-refractivity contribution < 1.29 is 9.90 Å². The number of nitrogens with two attached hydrogens (primary N) is 1. The van der Waals surface area contributed by atoms with E-state index in [-0.39, 0.29) is 12.1 Å². The Morgan fingerprint density at radius 2 is 2.05 bits per heavy atom. The molecule has 6 heteroatoms. The third-order valence-corrected chi connectivity index (χ3v) is 4.17. The molecule has 0 aromatic heterocycles. The molecule has 2 fully saturated rings. The van der Waals surface area contributed by atoms with Crippen molar-refractivity contribution in [3.8, 4) is 0 Å². The SMILES string of the molecule is CN(CCN1CCC(N)C(O)C1)C(=O)N1CCCC1. The number of amides is 2. The maximum absolute atomic E-state index is 12.1. The summed E-state index contributed by atoms with van der Waals surface area (Å²) in [5.74, 6) is 0. The molecule has 6 nitrogen and oxygen atoms in total. The van der Waals surface area contributed by atoms with E-state index in [0.29, 0.717) is 13.1 Å². The van der Waals surface area contributed by atoms with Crippen molar-refractivity contribution in [3.05, 3.63) is 0 Å². The molecular formula is C13H26N4O2. The summed E-state index contributed by atoms with van der Waals surface area (Å²) in [7, 11) is 1.85. The van der Waals surface area contributed by atoms with Crippen molar-refractivity contribution in [3.63, 3.8) is 0 Å². The van der Waals surface area contributed by atoms with Crippen LogP contribution in [0, 0.1) is 0 Å². The Bertz CT molecular complexity index is 307. The predicted molar refractivity (Wildman–Crippen MR) is 73.9 cm³/mol. The van der Waals surface area contributed by atoms with Crippen molar-refractivity contribution in [2.24, 2.45) is 5.73 Å². The number of hydrogen-bond donors (Lipinski definition) is 2. The van der Waals surface area contributed by atoms with E-state index in [9.17, 15) is 9.90 Å². The standard InChI is InChI=1S/C13H26N4O2/c1-15(13(19)17-5-2-3-6-17)8-9-16-7-4-11(14)12(18)10-16/h11-12,18H,2-10,14H2,1H3. The highest BCUT2D eigenvalue weighted by Crippen LogP contribution is 2.11. The number of rotatable bonds is 3. The van der Waals surface area contributed by atoms with Gasteiger partial charge in [0.1, 0.15) is 0 Å². The van der Waals surface area contributed by atoms with Crippen LogP contribution in [0.5, 0.6) is 0 Å². The molecule has 0 aromatic carbocycles. The van der Waals surface area contributed by atoms with E-state index in [1.807, 2.05) is 11.9 Å². The molecule has 0 radical (unpaired) electrons. The number of piperidine rings is 1. The number of likely N-dealkylation sites (N-methyl/N-ethyl adjacent to an activating group) is 1. The lowest BCUT2D eigenvalue weighted by Gasteiger charge is -2.35. The first-order valence-corrected chi connectivity index (χ1v) is 7.24. The van der Waals surface area contributed by atoms with E-state index in [0.717, 1.165) is 45.4 Å². The van der Waals surface area contributed by atoms with Gasteiger partial charge in [-0.3, -0.25) is 4.90 Å². The molecule has 2 rings (SSSR count). The third-order valence-electron chi connectivity index (χ3n) is 4.17. The van der Waals surface area contributed by atoms with Gasteiger partial charge in [0.05, 0.1) is 6.10 Å². The first-order chi connectivity index (χ1) is 9.08. The number of likely N-dealkylation sites (tertiary alicyclic amines) is 2. The summed E-state index contributed by atoms with van der Waals surface area (Å²) in [6.45, 7) is 4.81. The van der Waals surface area contributed by atoms with Gasteiger partial charge in [-0.15, -0.1) is 0 Å². The van der Waals surface area contributed by atoms with Gasteiger partial charge < -0.3 is 20.6 Å². The van der Waals surface area contributed by atoms with Crippen molar-refractivity contribution in [1.29, 1.82) is 0 Å². The molecular weight excluding hydrogens is 244 g/mol. The van der Waals surface area contributed by atoms with Crippen LogP contribution in [-0.4, -0.2) is 84.3 Å². The van der Waals surface area contributed by atoms with Crippen LogP contribution < -0.4 is 5.73 Å². The Morgan fingerprint density at radius 3 is 2.68 bits per heavy atom. The first-order valence-electron chi connectivity index (χ1n) is 7.24. The minimum Gasteiger partial charge on any atom is -0.390 e. The van der Waals surface area contributed by atoms with Crippen molar-refractivity contribution in [1.82, 2.24) is 14.7 Å². The average Bonchev–Trinajstić information content (AvgIpc) is 2.93. The van der Waals surface area contributed by atoms with Gasteiger partial charge in [0.15, 0.2) is 0 Å². The Balaban J connectivity index is 1.71. The van der Waals surface area contributed by atoms with Gasteiger partial charge in [0, 0.05) is 45.8 Å². The fourth-order valence-electron chi connectivity index (χ4n) is 2.76. The number of carbonyl (C=O) groups is 1. The Labute approximate surface area is 115 Å². The van der Waals surface area contributed by atoms with Gasteiger partial charge in [-0.25, -0.2) is 4.79 Å². The van der Waals surface area contributed by atoms with Gasteiger partial charge in [0.2, 0.25) is 0 Å². The molecule has 3 N–H and O–H groups in total. The number of β-amino-alcohol motifs (C(OH)–C–C–N with tert-alkyl or cyclic N) is 1. The number of urea groups is 1. The molecule has 2 unspecified atom stereocenters. The van der Waals surface area contributed by atoms with Crippen LogP contribution in [0.15, 0.2) is 0 Å². The highest BCUT2D eigenvalue weighted by Gasteiger charge is 2.26. The molecule has 2 aliphatic rings. The van der Waals surface area contributed by atoms with Crippen LogP contribution in [0.25, 0.3) is 0 Å². The van der Waals surface area contributed by atoms with Crippen LogP contribution in [-0.2, 0) is 0 Å². The van der Waals surface area contributed by atoms with E-state index in [4.69, 9.17) is 5.73 Å². The highest BCUT2D eigenvalue weighted by atomic mass is 16.3. The second-order valence-electron chi connectivity index (χ2n) is 5.72. The molecule has 2 aliphatic heterocycles.